The summed E-state index contributed by atoms with van der Waals surface area (Å²) in [6.07, 6.45) is 1.43. The van der Waals surface area contributed by atoms with Gasteiger partial charge in [0, 0.05) is 23.8 Å². The van der Waals surface area contributed by atoms with Gasteiger partial charge in [-0.25, -0.2) is 8.78 Å². The van der Waals surface area contributed by atoms with Gasteiger partial charge in [0.1, 0.15) is 23.1 Å². The van der Waals surface area contributed by atoms with E-state index in [2.05, 4.69) is 15.5 Å². The van der Waals surface area contributed by atoms with Crippen LogP contribution in [0, 0.1) is 11.6 Å². The van der Waals surface area contributed by atoms with E-state index in [-0.39, 0.29) is 11.7 Å². The largest absolute Gasteiger partial charge is 0.456 e. The van der Waals surface area contributed by atoms with Crippen molar-refractivity contribution in [2.75, 3.05) is 5.75 Å². The van der Waals surface area contributed by atoms with Crippen molar-refractivity contribution in [2.45, 2.75) is 0 Å². The van der Waals surface area contributed by atoms with Crippen LogP contribution in [0.2, 0.25) is 0 Å². The summed E-state index contributed by atoms with van der Waals surface area (Å²) >= 11 is 1.26. The molecule has 1 heterocycles. The average molecular weight is 347 g/mol. The number of para-hydroxylation sites is 1. The summed E-state index contributed by atoms with van der Waals surface area (Å²) in [7, 11) is 0. The maximum Gasteiger partial charge on any atom is 0.236 e. The summed E-state index contributed by atoms with van der Waals surface area (Å²) < 4.78 is 32.0. The van der Waals surface area contributed by atoms with Crippen molar-refractivity contribution < 1.29 is 18.3 Å². The van der Waals surface area contributed by atoms with E-state index in [1.807, 2.05) is 0 Å². The highest BCUT2D eigenvalue weighted by Gasteiger charge is 2.16. The lowest BCUT2D eigenvalue weighted by Gasteiger charge is -2.08. The molecule has 1 N–H and O–H groups in total. The number of rotatable bonds is 4. The maximum absolute atomic E-state index is 13.2. The molecule has 0 atom stereocenters. The second-order valence-corrected chi connectivity index (χ2v) is 5.70. The first-order valence-corrected chi connectivity index (χ1v) is 7.85. The number of carbonyl (C=O) groups is 1. The molecule has 3 rings (SSSR count). The molecule has 1 aliphatic heterocycles. The summed E-state index contributed by atoms with van der Waals surface area (Å²) in [4.78, 5) is 11.1. The topological polar surface area (TPSA) is 63.0 Å². The van der Waals surface area contributed by atoms with Gasteiger partial charge in [-0.3, -0.25) is 4.79 Å². The molecule has 2 aromatic carbocycles. The molecule has 0 bridgehead atoms. The Morgan fingerprint density at radius 3 is 2.62 bits per heavy atom. The zero-order valence-corrected chi connectivity index (χ0v) is 13.0. The fourth-order valence-corrected chi connectivity index (χ4v) is 2.55. The summed E-state index contributed by atoms with van der Waals surface area (Å²) in [5, 5.41) is 10.8. The first-order chi connectivity index (χ1) is 11.6. The fraction of sp³-hybridized carbons (Fsp3) is 0.0625. The number of ether oxygens (including phenoxy) is 1. The molecular formula is C16H11F2N3O2S. The predicted octanol–water partition coefficient (Wildman–Crippen LogP) is 3.31. The van der Waals surface area contributed by atoms with Crippen molar-refractivity contribution in [3.8, 4) is 11.5 Å². The molecular weight excluding hydrogens is 336 g/mol. The van der Waals surface area contributed by atoms with Crippen molar-refractivity contribution >= 4 is 29.1 Å². The number of thioether (sulfide) groups is 1. The SMILES string of the molecule is O=C1CSC(=NN=Cc2ccccc2Oc2cc(F)cc(F)c2)N1. The molecule has 2 aromatic rings. The minimum atomic E-state index is -0.725. The molecule has 0 aliphatic carbocycles. The number of carbonyl (C=O) groups excluding carboxylic acids is 1. The van der Waals surface area contributed by atoms with E-state index in [4.69, 9.17) is 4.74 Å². The van der Waals surface area contributed by atoms with E-state index in [0.29, 0.717) is 22.2 Å². The van der Waals surface area contributed by atoms with Crippen molar-refractivity contribution in [2.24, 2.45) is 10.2 Å². The van der Waals surface area contributed by atoms with Crippen molar-refractivity contribution in [3.05, 3.63) is 59.7 Å². The molecule has 1 aliphatic rings. The van der Waals surface area contributed by atoms with Crippen LogP contribution < -0.4 is 10.1 Å². The molecule has 122 valence electrons. The predicted molar refractivity (Wildman–Crippen MR) is 88.5 cm³/mol. The van der Waals surface area contributed by atoms with Crippen molar-refractivity contribution in [1.29, 1.82) is 0 Å². The number of nitrogens with zero attached hydrogens (tertiary/aromatic N) is 2. The molecule has 8 heteroatoms. The monoisotopic (exact) mass is 347 g/mol. The molecule has 0 saturated carbocycles. The highest BCUT2D eigenvalue weighted by molar-refractivity contribution is 8.15. The number of hydrogen-bond acceptors (Lipinski definition) is 5. The minimum absolute atomic E-state index is 0.0401. The first kappa shape index (κ1) is 16.1. The van der Waals surface area contributed by atoms with Gasteiger partial charge in [0.25, 0.3) is 0 Å². The van der Waals surface area contributed by atoms with Gasteiger partial charge < -0.3 is 10.1 Å². The Balaban J connectivity index is 1.79. The molecule has 0 radical (unpaired) electrons. The lowest BCUT2D eigenvalue weighted by Crippen LogP contribution is -2.19. The molecule has 1 fully saturated rings. The van der Waals surface area contributed by atoms with Crippen LogP contribution >= 0.6 is 11.8 Å². The number of benzene rings is 2. The summed E-state index contributed by atoms with van der Waals surface area (Å²) in [5.74, 6) is -0.842. The standard InChI is InChI=1S/C16H11F2N3O2S/c17-11-5-12(18)7-13(6-11)23-14-4-2-1-3-10(14)8-19-21-16-20-15(22)9-24-16/h1-8H,9H2,(H,20,21,22). The maximum atomic E-state index is 13.2. The van der Waals surface area contributed by atoms with Crippen molar-refractivity contribution in [3.63, 3.8) is 0 Å². The highest BCUT2D eigenvalue weighted by Crippen LogP contribution is 2.25. The lowest BCUT2D eigenvalue weighted by molar-refractivity contribution is -0.116. The summed E-state index contributed by atoms with van der Waals surface area (Å²) in [6, 6.07) is 9.78. The Bertz CT molecular complexity index is 820. The van der Waals surface area contributed by atoms with Gasteiger partial charge in [-0.1, -0.05) is 23.9 Å². The molecule has 0 spiro atoms. The number of amidine groups is 1. The molecule has 24 heavy (non-hydrogen) atoms. The Hall–Kier alpha value is -2.74. The van der Waals surface area contributed by atoms with E-state index in [9.17, 15) is 13.6 Å². The third-order valence-electron chi connectivity index (χ3n) is 2.91. The van der Waals surface area contributed by atoms with Crippen molar-refractivity contribution in [1.82, 2.24) is 5.32 Å². The van der Waals surface area contributed by atoms with Crippen LogP contribution in [0.3, 0.4) is 0 Å². The Kier molecular flexibility index (Phi) is 4.85. The van der Waals surface area contributed by atoms with Crippen LogP contribution in [0.1, 0.15) is 5.56 Å². The molecule has 1 saturated heterocycles. The van der Waals surface area contributed by atoms with Crippen LogP contribution in [0.4, 0.5) is 8.78 Å². The zero-order chi connectivity index (χ0) is 16.9. The number of nitrogens with one attached hydrogen (secondary N) is 1. The van der Waals surface area contributed by atoms with Gasteiger partial charge in [0.15, 0.2) is 5.17 Å². The Labute approximate surface area is 140 Å². The molecule has 0 aromatic heterocycles. The van der Waals surface area contributed by atoms with E-state index >= 15 is 0 Å². The van der Waals surface area contributed by atoms with Gasteiger partial charge >= 0.3 is 0 Å². The minimum Gasteiger partial charge on any atom is -0.456 e. The van der Waals surface area contributed by atoms with Gasteiger partial charge in [0.05, 0.1) is 12.0 Å². The third kappa shape index (κ3) is 4.17. The van der Waals surface area contributed by atoms with E-state index in [0.717, 1.165) is 18.2 Å². The Morgan fingerprint density at radius 1 is 1.17 bits per heavy atom. The van der Waals surface area contributed by atoms with Crippen LogP contribution in [0.5, 0.6) is 11.5 Å². The Morgan fingerprint density at radius 2 is 1.92 bits per heavy atom. The van der Waals surface area contributed by atoms with Gasteiger partial charge in [-0.2, -0.15) is 5.10 Å². The van der Waals surface area contributed by atoms with E-state index in [1.165, 1.54) is 18.0 Å². The second-order valence-electron chi connectivity index (χ2n) is 4.73. The lowest BCUT2D eigenvalue weighted by atomic mass is 10.2. The van der Waals surface area contributed by atoms with Gasteiger partial charge in [-0.15, -0.1) is 5.10 Å². The third-order valence-corrected chi connectivity index (χ3v) is 3.78. The van der Waals surface area contributed by atoms with Crippen LogP contribution in [-0.4, -0.2) is 23.0 Å². The van der Waals surface area contributed by atoms with E-state index in [1.54, 1.807) is 24.3 Å². The quantitative estimate of drug-likeness (QED) is 0.682. The molecule has 0 unspecified atom stereocenters. The fourth-order valence-electron chi connectivity index (χ4n) is 1.92. The number of amides is 1. The number of hydrogen-bond donors (Lipinski definition) is 1. The summed E-state index contributed by atoms with van der Waals surface area (Å²) in [6.45, 7) is 0. The average Bonchev–Trinajstić information content (AvgIpc) is 2.93. The smallest absolute Gasteiger partial charge is 0.236 e. The van der Waals surface area contributed by atoms with Crippen LogP contribution in [-0.2, 0) is 4.79 Å². The van der Waals surface area contributed by atoms with Gasteiger partial charge in [-0.05, 0) is 12.1 Å². The zero-order valence-electron chi connectivity index (χ0n) is 12.2. The van der Waals surface area contributed by atoms with Gasteiger partial charge in [0.2, 0.25) is 5.91 Å². The van der Waals surface area contributed by atoms with Crippen LogP contribution in [0.15, 0.2) is 52.7 Å². The van der Waals surface area contributed by atoms with Crippen LogP contribution in [0.25, 0.3) is 0 Å². The molecule has 5 nitrogen and oxygen atoms in total. The van der Waals surface area contributed by atoms with E-state index < -0.39 is 11.6 Å². The normalized spacial score (nSPS) is 15.9. The first-order valence-electron chi connectivity index (χ1n) is 6.87. The summed E-state index contributed by atoms with van der Waals surface area (Å²) in [5.41, 5.74) is 0.570. The highest BCUT2D eigenvalue weighted by atomic mass is 32.2. The second kappa shape index (κ2) is 7.22. The number of halogens is 2. The molecule has 1 amide bonds.